The Kier molecular flexibility index (Phi) is 7.70. The predicted octanol–water partition coefficient (Wildman–Crippen LogP) is 6.90. The highest BCUT2D eigenvalue weighted by molar-refractivity contribution is 6.07. The molecular formula is C25H22F3N3O6. The summed E-state index contributed by atoms with van der Waals surface area (Å²) in [5, 5.41) is 14.1. The smallest absolute Gasteiger partial charge is 0.450 e. The number of nitrogens with zero attached hydrogens (tertiary/aromatic N) is 2. The summed E-state index contributed by atoms with van der Waals surface area (Å²) in [6.07, 6.45) is -5.75. The van der Waals surface area contributed by atoms with Gasteiger partial charge in [-0.15, -0.1) is 13.2 Å². The molecule has 12 heteroatoms. The molecule has 0 heterocycles. The number of carbonyl (C=O) groups excluding carboxylic acids is 2. The highest BCUT2D eigenvalue weighted by Crippen LogP contribution is 2.35. The lowest BCUT2D eigenvalue weighted by atomic mass is 10.1. The van der Waals surface area contributed by atoms with Gasteiger partial charge < -0.3 is 9.47 Å². The summed E-state index contributed by atoms with van der Waals surface area (Å²) in [6, 6.07) is 14.8. The second-order valence-electron chi connectivity index (χ2n) is 8.64. The average Bonchev–Trinajstić information content (AvgIpc) is 2.79. The van der Waals surface area contributed by atoms with E-state index in [0.717, 1.165) is 30.3 Å². The van der Waals surface area contributed by atoms with Crippen molar-refractivity contribution in [2.24, 2.45) is 0 Å². The second kappa shape index (κ2) is 10.6. The van der Waals surface area contributed by atoms with Crippen LogP contribution in [-0.2, 0) is 4.74 Å². The summed E-state index contributed by atoms with van der Waals surface area (Å²) in [5.74, 6) is -1.66. The minimum atomic E-state index is -5.07. The van der Waals surface area contributed by atoms with Crippen LogP contribution in [0.4, 0.5) is 35.0 Å². The number of hydrogen-bond donors (Lipinski definition) is 1. The van der Waals surface area contributed by atoms with Crippen molar-refractivity contribution < 1.29 is 37.2 Å². The number of ether oxygens (including phenoxy) is 2. The molecule has 0 aliphatic carbocycles. The van der Waals surface area contributed by atoms with E-state index >= 15 is 0 Å². The normalized spacial score (nSPS) is 11.4. The first-order valence-corrected chi connectivity index (χ1v) is 10.8. The molecule has 0 aliphatic heterocycles. The molecule has 3 aromatic rings. The molecule has 0 bridgehead atoms. The molecule has 3 rings (SSSR count). The Morgan fingerprint density at radius 2 is 1.57 bits per heavy atom. The van der Waals surface area contributed by atoms with Crippen molar-refractivity contribution in [2.45, 2.75) is 32.7 Å². The van der Waals surface area contributed by atoms with E-state index in [9.17, 15) is 32.9 Å². The molecular weight excluding hydrogens is 495 g/mol. The molecule has 0 saturated carbocycles. The number of alkyl halides is 3. The zero-order valence-electron chi connectivity index (χ0n) is 19.9. The maximum absolute atomic E-state index is 13.7. The van der Waals surface area contributed by atoms with Gasteiger partial charge in [-0.25, -0.2) is 9.69 Å². The molecule has 37 heavy (non-hydrogen) atoms. The van der Waals surface area contributed by atoms with E-state index in [1.807, 2.05) is 0 Å². The summed E-state index contributed by atoms with van der Waals surface area (Å²) >= 11 is 0. The van der Waals surface area contributed by atoms with Gasteiger partial charge in [-0.2, -0.15) is 0 Å². The van der Waals surface area contributed by atoms with Gasteiger partial charge in [-0.05, 0) is 69.3 Å². The van der Waals surface area contributed by atoms with Gasteiger partial charge in [0.1, 0.15) is 11.4 Å². The summed E-state index contributed by atoms with van der Waals surface area (Å²) in [6.45, 7) is 5.12. The molecule has 0 aliphatic rings. The highest BCUT2D eigenvalue weighted by Gasteiger charge is 2.43. The molecule has 3 aromatic carbocycles. The van der Waals surface area contributed by atoms with Crippen LogP contribution < -0.4 is 15.0 Å². The Morgan fingerprint density at radius 1 is 0.946 bits per heavy atom. The van der Waals surface area contributed by atoms with Crippen LogP contribution in [0.25, 0.3) is 0 Å². The Morgan fingerprint density at radius 3 is 2.11 bits per heavy atom. The molecule has 0 saturated heterocycles. The number of carbonyl (C=O) groups is 2. The van der Waals surface area contributed by atoms with E-state index in [1.54, 1.807) is 20.8 Å². The molecule has 0 atom stereocenters. The minimum absolute atomic E-state index is 0.137. The van der Waals surface area contributed by atoms with E-state index in [2.05, 4.69) is 5.32 Å². The van der Waals surface area contributed by atoms with Crippen molar-refractivity contribution in [3.05, 3.63) is 88.5 Å². The lowest BCUT2D eigenvalue weighted by Gasteiger charge is -2.25. The first kappa shape index (κ1) is 27.0. The zero-order valence-corrected chi connectivity index (χ0v) is 19.9. The van der Waals surface area contributed by atoms with Gasteiger partial charge in [0.25, 0.3) is 5.91 Å². The Hall–Kier alpha value is -4.61. The van der Waals surface area contributed by atoms with Gasteiger partial charge in [-0.1, -0.05) is 18.2 Å². The Labute approximate surface area is 209 Å². The largest absolute Gasteiger partial charge is 0.491 e. The van der Waals surface area contributed by atoms with E-state index in [0.29, 0.717) is 5.69 Å². The van der Waals surface area contributed by atoms with E-state index < -0.39 is 50.7 Å². The number of halogens is 3. The monoisotopic (exact) mass is 517 g/mol. The lowest BCUT2D eigenvalue weighted by Crippen LogP contribution is -2.43. The van der Waals surface area contributed by atoms with E-state index in [1.165, 1.54) is 42.5 Å². The number of nitrogens with one attached hydrogen (secondary N) is 1. The van der Waals surface area contributed by atoms with Gasteiger partial charge in [-0.3, -0.25) is 20.2 Å². The molecule has 194 valence electrons. The average molecular weight is 517 g/mol. The molecule has 0 fully saturated rings. The van der Waals surface area contributed by atoms with Gasteiger partial charge in [0, 0.05) is 17.3 Å². The van der Waals surface area contributed by atoms with Crippen LogP contribution in [0, 0.1) is 10.1 Å². The van der Waals surface area contributed by atoms with Gasteiger partial charge in [0.05, 0.1) is 10.6 Å². The first-order valence-electron chi connectivity index (χ1n) is 10.8. The van der Waals surface area contributed by atoms with Crippen LogP contribution in [0.2, 0.25) is 0 Å². The number of nitro groups is 1. The van der Waals surface area contributed by atoms with Crippen LogP contribution in [0.15, 0.2) is 72.8 Å². The van der Waals surface area contributed by atoms with Crippen molar-refractivity contribution in [3.8, 4) is 11.5 Å². The lowest BCUT2D eigenvalue weighted by molar-refractivity contribution is -0.385. The van der Waals surface area contributed by atoms with Crippen molar-refractivity contribution >= 4 is 29.1 Å². The van der Waals surface area contributed by atoms with Crippen LogP contribution in [0.3, 0.4) is 0 Å². The number of para-hydroxylation sites is 1. The molecule has 0 aromatic heterocycles. The Balaban J connectivity index is 1.83. The molecule has 0 radical (unpaired) electrons. The fraction of sp³-hybridized carbons (Fsp3) is 0.200. The number of benzene rings is 3. The van der Waals surface area contributed by atoms with E-state index in [4.69, 9.17) is 9.47 Å². The quantitative estimate of drug-likeness (QED) is 0.216. The Bertz CT molecular complexity index is 1290. The number of hydrogen-bond acceptors (Lipinski definition) is 6. The number of nitro benzene ring substituents is 1. The standard InChI is InChI=1S/C25H22F3N3O6/c1-24(2,3)37-23(33)29-17-10-12-19(13-11-17)36-21-14-9-16(15-20(21)31(34)35)22(32)30(25(26,27)28)18-7-5-4-6-8-18/h4-15H,1-3H3,(H,29,33). The third-order valence-electron chi connectivity index (χ3n) is 4.60. The summed E-state index contributed by atoms with van der Waals surface area (Å²) < 4.78 is 51.7. The van der Waals surface area contributed by atoms with Gasteiger partial charge in [0.2, 0.25) is 5.75 Å². The third kappa shape index (κ3) is 7.19. The number of rotatable bonds is 6. The summed E-state index contributed by atoms with van der Waals surface area (Å²) in [4.78, 5) is 35.0. The van der Waals surface area contributed by atoms with Crippen molar-refractivity contribution in [1.29, 1.82) is 0 Å². The molecule has 0 spiro atoms. The fourth-order valence-electron chi connectivity index (χ4n) is 3.12. The first-order chi connectivity index (χ1) is 17.2. The third-order valence-corrected chi connectivity index (χ3v) is 4.60. The zero-order chi connectivity index (χ0) is 27.4. The number of amides is 2. The topological polar surface area (TPSA) is 111 Å². The van der Waals surface area contributed by atoms with Gasteiger partial charge in [0.15, 0.2) is 0 Å². The second-order valence-corrected chi connectivity index (χ2v) is 8.64. The SMILES string of the molecule is CC(C)(C)OC(=O)Nc1ccc(Oc2ccc(C(=O)N(c3ccccc3)C(F)(F)F)cc2[N+](=O)[O-])cc1. The molecule has 0 unspecified atom stereocenters. The summed E-state index contributed by atoms with van der Waals surface area (Å²) in [7, 11) is 0. The minimum Gasteiger partial charge on any atom is -0.450 e. The molecule has 2 amide bonds. The van der Waals surface area contributed by atoms with Crippen LogP contribution in [0.5, 0.6) is 11.5 Å². The van der Waals surface area contributed by atoms with Gasteiger partial charge >= 0.3 is 18.1 Å². The predicted molar refractivity (Wildman–Crippen MR) is 129 cm³/mol. The molecule has 1 N–H and O–H groups in total. The maximum Gasteiger partial charge on any atom is 0.491 e. The van der Waals surface area contributed by atoms with Crippen molar-refractivity contribution in [1.82, 2.24) is 0 Å². The maximum atomic E-state index is 13.7. The van der Waals surface area contributed by atoms with Crippen molar-refractivity contribution in [2.75, 3.05) is 10.2 Å². The number of anilines is 2. The van der Waals surface area contributed by atoms with Crippen LogP contribution in [-0.4, -0.2) is 28.8 Å². The summed E-state index contributed by atoms with van der Waals surface area (Å²) in [5.41, 5.74) is -2.04. The fourth-order valence-corrected chi connectivity index (χ4v) is 3.12. The van der Waals surface area contributed by atoms with Crippen molar-refractivity contribution in [3.63, 3.8) is 0 Å². The highest BCUT2D eigenvalue weighted by atomic mass is 19.4. The van der Waals surface area contributed by atoms with E-state index in [-0.39, 0.29) is 11.5 Å². The molecule has 9 nitrogen and oxygen atoms in total. The van der Waals surface area contributed by atoms with Crippen LogP contribution >= 0.6 is 0 Å². The van der Waals surface area contributed by atoms with Crippen LogP contribution in [0.1, 0.15) is 31.1 Å².